The molecule has 0 saturated carbocycles. The fourth-order valence-corrected chi connectivity index (χ4v) is 4.55. The number of para-hydroxylation sites is 1. The van der Waals surface area contributed by atoms with Gasteiger partial charge in [-0.3, -0.25) is 14.9 Å². The molecule has 3 aromatic rings. The molecular formula is C29H39N5O5. The lowest BCUT2D eigenvalue weighted by Crippen LogP contribution is -2.58. The number of aliphatic hydroxyl groups excluding tert-OH is 1. The number of aromatic nitrogens is 1. The SMILES string of the molecule is CCCC(C)C(NC(=O)Nc1ccc(C)cc1)C(=O)NC(Cc1c[nH]c2ccccc12)C(O)NCCC(=O)O. The molecule has 0 spiro atoms. The minimum Gasteiger partial charge on any atom is -0.481 e. The fourth-order valence-electron chi connectivity index (χ4n) is 4.55. The summed E-state index contributed by atoms with van der Waals surface area (Å²) in [7, 11) is 0. The van der Waals surface area contributed by atoms with Gasteiger partial charge >= 0.3 is 12.0 Å². The Kier molecular flexibility index (Phi) is 10.9. The first-order valence-electron chi connectivity index (χ1n) is 13.3. The number of carbonyl (C=O) groups excluding carboxylic acids is 2. The number of nitrogens with one attached hydrogen (secondary N) is 5. The molecule has 0 fully saturated rings. The van der Waals surface area contributed by atoms with Crippen molar-refractivity contribution in [1.29, 1.82) is 0 Å². The van der Waals surface area contributed by atoms with Crippen LogP contribution in [0.3, 0.4) is 0 Å². The van der Waals surface area contributed by atoms with Crippen molar-refractivity contribution in [3.8, 4) is 0 Å². The molecule has 2 aromatic carbocycles. The van der Waals surface area contributed by atoms with Crippen molar-refractivity contribution in [2.24, 2.45) is 5.92 Å². The number of aryl methyl sites for hydroxylation is 1. The van der Waals surface area contributed by atoms with E-state index in [2.05, 4.69) is 26.3 Å². The molecule has 1 aromatic heterocycles. The van der Waals surface area contributed by atoms with Crippen LogP contribution >= 0.6 is 0 Å². The smallest absolute Gasteiger partial charge is 0.319 e. The molecule has 1 heterocycles. The number of urea groups is 1. The summed E-state index contributed by atoms with van der Waals surface area (Å²) < 4.78 is 0. The van der Waals surface area contributed by atoms with Gasteiger partial charge in [0.05, 0.1) is 12.5 Å². The van der Waals surface area contributed by atoms with E-state index < -0.39 is 36.2 Å². The van der Waals surface area contributed by atoms with E-state index in [1.807, 2.05) is 63.4 Å². The molecule has 4 unspecified atom stereocenters. The number of carbonyl (C=O) groups is 3. The van der Waals surface area contributed by atoms with Crippen LogP contribution in [-0.4, -0.2) is 58.0 Å². The number of carboxylic acid groups (broad SMARTS) is 1. The van der Waals surface area contributed by atoms with Crippen LogP contribution in [0.1, 0.15) is 44.2 Å². The van der Waals surface area contributed by atoms with Crippen molar-refractivity contribution >= 4 is 34.5 Å². The number of benzene rings is 2. The minimum absolute atomic E-state index is 0.0314. The molecule has 3 rings (SSSR count). The number of hydrogen-bond donors (Lipinski definition) is 7. The molecule has 0 radical (unpaired) electrons. The first-order chi connectivity index (χ1) is 18.7. The number of aromatic amines is 1. The van der Waals surface area contributed by atoms with Crippen molar-refractivity contribution in [2.45, 2.75) is 64.8 Å². The van der Waals surface area contributed by atoms with Crippen molar-refractivity contribution in [1.82, 2.24) is 20.9 Å². The Morgan fingerprint density at radius 2 is 1.74 bits per heavy atom. The molecular weight excluding hydrogens is 498 g/mol. The predicted molar refractivity (Wildman–Crippen MR) is 151 cm³/mol. The normalized spacial score (nSPS) is 14.3. The number of amides is 3. The van der Waals surface area contributed by atoms with Gasteiger partial charge in [0.25, 0.3) is 0 Å². The Labute approximate surface area is 228 Å². The second-order valence-corrected chi connectivity index (χ2v) is 9.93. The summed E-state index contributed by atoms with van der Waals surface area (Å²) in [5.74, 6) is -1.60. The molecule has 39 heavy (non-hydrogen) atoms. The van der Waals surface area contributed by atoms with Gasteiger partial charge in [-0.05, 0) is 49.4 Å². The van der Waals surface area contributed by atoms with Crippen LogP contribution in [0, 0.1) is 12.8 Å². The summed E-state index contributed by atoms with van der Waals surface area (Å²) in [5.41, 5.74) is 3.48. The van der Waals surface area contributed by atoms with Crippen LogP contribution in [0.15, 0.2) is 54.7 Å². The second-order valence-electron chi connectivity index (χ2n) is 9.93. The third kappa shape index (κ3) is 8.83. The highest BCUT2D eigenvalue weighted by Crippen LogP contribution is 2.20. The number of aliphatic carboxylic acids is 1. The molecule has 4 atom stereocenters. The van der Waals surface area contributed by atoms with Crippen molar-refractivity contribution in [3.63, 3.8) is 0 Å². The largest absolute Gasteiger partial charge is 0.481 e. The van der Waals surface area contributed by atoms with Crippen molar-refractivity contribution in [2.75, 3.05) is 11.9 Å². The lowest BCUT2D eigenvalue weighted by atomic mass is 9.95. The zero-order valence-electron chi connectivity index (χ0n) is 22.7. The molecule has 10 heteroatoms. The van der Waals surface area contributed by atoms with Gasteiger partial charge in [0.2, 0.25) is 5.91 Å². The van der Waals surface area contributed by atoms with Gasteiger partial charge in [0.1, 0.15) is 12.3 Å². The third-order valence-electron chi connectivity index (χ3n) is 6.71. The molecule has 0 aliphatic carbocycles. The van der Waals surface area contributed by atoms with Gasteiger partial charge in [0.15, 0.2) is 0 Å². The first kappa shape index (κ1) is 29.7. The van der Waals surface area contributed by atoms with Crippen molar-refractivity contribution < 1.29 is 24.6 Å². The van der Waals surface area contributed by atoms with Gasteiger partial charge in [-0.15, -0.1) is 0 Å². The molecule has 0 bridgehead atoms. The Morgan fingerprint density at radius 3 is 2.44 bits per heavy atom. The van der Waals surface area contributed by atoms with Gasteiger partial charge in [-0.2, -0.15) is 0 Å². The van der Waals surface area contributed by atoms with Crippen LogP contribution < -0.4 is 21.3 Å². The highest BCUT2D eigenvalue weighted by atomic mass is 16.4. The molecule has 0 saturated heterocycles. The summed E-state index contributed by atoms with van der Waals surface area (Å²) in [6.45, 7) is 5.89. The quantitative estimate of drug-likeness (QED) is 0.156. The fraction of sp³-hybridized carbons (Fsp3) is 0.414. The third-order valence-corrected chi connectivity index (χ3v) is 6.71. The average Bonchev–Trinajstić information content (AvgIpc) is 3.30. The summed E-state index contributed by atoms with van der Waals surface area (Å²) in [6, 6.07) is 12.9. The highest BCUT2D eigenvalue weighted by Gasteiger charge is 2.31. The number of fused-ring (bicyclic) bond motifs is 1. The van der Waals surface area contributed by atoms with E-state index in [1.165, 1.54) is 0 Å². The van der Waals surface area contributed by atoms with E-state index in [0.717, 1.165) is 28.5 Å². The van der Waals surface area contributed by atoms with Gasteiger partial charge in [0, 0.05) is 29.3 Å². The summed E-state index contributed by atoms with van der Waals surface area (Å²) in [4.78, 5) is 40.6. The topological polar surface area (TPSA) is 156 Å². The molecule has 3 amide bonds. The van der Waals surface area contributed by atoms with Gasteiger partial charge in [-0.1, -0.05) is 56.2 Å². The van der Waals surface area contributed by atoms with E-state index in [9.17, 15) is 19.5 Å². The number of anilines is 1. The van der Waals surface area contributed by atoms with Crippen LogP contribution in [0.25, 0.3) is 10.9 Å². The summed E-state index contributed by atoms with van der Waals surface area (Å²) >= 11 is 0. The van der Waals surface area contributed by atoms with E-state index in [4.69, 9.17) is 5.11 Å². The van der Waals surface area contributed by atoms with E-state index in [0.29, 0.717) is 12.1 Å². The maximum atomic E-state index is 13.6. The minimum atomic E-state index is -1.22. The second kappa shape index (κ2) is 14.3. The molecule has 0 aliphatic heterocycles. The van der Waals surface area contributed by atoms with E-state index in [-0.39, 0.29) is 25.3 Å². The zero-order chi connectivity index (χ0) is 28.4. The van der Waals surface area contributed by atoms with Gasteiger partial charge < -0.3 is 31.1 Å². The van der Waals surface area contributed by atoms with E-state index >= 15 is 0 Å². The Morgan fingerprint density at radius 1 is 1.03 bits per heavy atom. The molecule has 10 nitrogen and oxygen atoms in total. The maximum absolute atomic E-state index is 13.6. The molecule has 7 N–H and O–H groups in total. The predicted octanol–water partition coefficient (Wildman–Crippen LogP) is 3.51. The summed E-state index contributed by atoms with van der Waals surface area (Å²) in [5, 5.41) is 32.2. The summed E-state index contributed by atoms with van der Waals surface area (Å²) in [6.07, 6.45) is 2.24. The standard InChI is InChI=1S/C29H39N5O5/c1-4-7-19(3)26(34-29(39)32-21-12-10-18(2)11-13-21)28(38)33-24(27(37)30-15-14-25(35)36)16-20-17-31-23-9-6-5-8-22(20)23/h5-6,8-13,17,19,24,26-27,30-31,37H,4,7,14-16H2,1-3H3,(H,33,38)(H,35,36)(H2,32,34,39). The van der Waals surface area contributed by atoms with Crippen LogP contribution in [-0.2, 0) is 16.0 Å². The highest BCUT2D eigenvalue weighted by molar-refractivity contribution is 5.94. The lowest BCUT2D eigenvalue weighted by molar-refractivity contribution is -0.137. The van der Waals surface area contributed by atoms with Crippen LogP contribution in [0.4, 0.5) is 10.5 Å². The molecule has 0 aliphatic rings. The maximum Gasteiger partial charge on any atom is 0.319 e. The molecule has 210 valence electrons. The number of rotatable bonds is 14. The number of H-pyrrole nitrogens is 1. The number of hydrogen-bond acceptors (Lipinski definition) is 5. The van der Waals surface area contributed by atoms with Crippen molar-refractivity contribution in [3.05, 3.63) is 65.9 Å². The Balaban J connectivity index is 1.78. The number of carboxylic acids is 1. The Bertz CT molecular complexity index is 1240. The van der Waals surface area contributed by atoms with Crippen LogP contribution in [0.2, 0.25) is 0 Å². The Hall–Kier alpha value is -3.89. The zero-order valence-corrected chi connectivity index (χ0v) is 22.7. The first-order valence-corrected chi connectivity index (χ1v) is 13.3. The average molecular weight is 538 g/mol. The lowest BCUT2D eigenvalue weighted by Gasteiger charge is -2.30. The van der Waals surface area contributed by atoms with E-state index in [1.54, 1.807) is 12.1 Å². The van der Waals surface area contributed by atoms with Crippen LogP contribution in [0.5, 0.6) is 0 Å². The van der Waals surface area contributed by atoms with Gasteiger partial charge in [-0.25, -0.2) is 4.79 Å². The number of aliphatic hydroxyl groups is 1. The monoisotopic (exact) mass is 537 g/mol.